The molecule has 1 aromatic heterocycles. The molecule has 5 nitrogen and oxygen atoms in total. The van der Waals surface area contributed by atoms with Crippen LogP contribution in [0.2, 0.25) is 0 Å². The number of nitro benzene ring substituents is 1. The topological polar surface area (TPSA) is 65.3 Å². The number of hydrogen-bond acceptors (Lipinski definition) is 5. The molecule has 0 aliphatic rings. The summed E-state index contributed by atoms with van der Waals surface area (Å²) in [5.41, 5.74) is 2.54. The fraction of sp³-hybridized carbons (Fsp3) is 0.133. The van der Waals surface area contributed by atoms with Gasteiger partial charge in [0, 0.05) is 17.2 Å². The van der Waals surface area contributed by atoms with Gasteiger partial charge < -0.3 is 4.74 Å². The van der Waals surface area contributed by atoms with Crippen LogP contribution in [0.5, 0.6) is 5.75 Å². The van der Waals surface area contributed by atoms with Gasteiger partial charge in [-0.2, -0.15) is 0 Å². The molecule has 0 atom stereocenters. The first kappa shape index (κ1) is 13.5. The zero-order chi connectivity index (χ0) is 15.0. The molecule has 0 spiro atoms. The Morgan fingerprint density at radius 3 is 2.71 bits per heavy atom. The maximum atomic E-state index is 10.9. The molecule has 0 fully saturated rings. The highest BCUT2D eigenvalue weighted by Gasteiger charge is 2.13. The first-order valence-corrected chi connectivity index (χ1v) is 7.10. The van der Waals surface area contributed by atoms with Crippen LogP contribution in [0.25, 0.3) is 20.8 Å². The molecule has 0 amide bonds. The molecule has 0 bridgehead atoms. The molecule has 2 aromatic carbocycles. The number of nitrogens with zero attached hydrogens (tertiary/aromatic N) is 2. The molecular formula is C15H12N2O3S. The van der Waals surface area contributed by atoms with E-state index >= 15 is 0 Å². The van der Waals surface area contributed by atoms with Gasteiger partial charge >= 0.3 is 0 Å². The van der Waals surface area contributed by atoms with Gasteiger partial charge in [-0.25, -0.2) is 4.98 Å². The number of nitro groups is 1. The van der Waals surface area contributed by atoms with Gasteiger partial charge in [-0.1, -0.05) is 0 Å². The van der Waals surface area contributed by atoms with Crippen LogP contribution < -0.4 is 4.74 Å². The van der Waals surface area contributed by atoms with Gasteiger partial charge in [0.2, 0.25) is 0 Å². The molecule has 0 aliphatic heterocycles. The van der Waals surface area contributed by atoms with Crippen LogP contribution in [-0.2, 0) is 0 Å². The molecule has 1 heterocycles. The highest BCUT2D eigenvalue weighted by Crippen LogP contribution is 2.33. The highest BCUT2D eigenvalue weighted by molar-refractivity contribution is 7.21. The van der Waals surface area contributed by atoms with Gasteiger partial charge in [-0.15, -0.1) is 11.3 Å². The molecule has 0 radical (unpaired) electrons. The number of thiazole rings is 1. The van der Waals surface area contributed by atoms with Gasteiger partial charge in [-0.05, 0) is 37.3 Å². The van der Waals surface area contributed by atoms with E-state index in [1.54, 1.807) is 37.5 Å². The number of aryl methyl sites for hydroxylation is 1. The van der Waals surface area contributed by atoms with Crippen molar-refractivity contribution < 1.29 is 9.66 Å². The second-order valence-corrected chi connectivity index (χ2v) is 5.64. The summed E-state index contributed by atoms with van der Waals surface area (Å²) >= 11 is 1.54. The lowest BCUT2D eigenvalue weighted by Gasteiger charge is -1.99. The Labute approximate surface area is 125 Å². The molecule has 0 unspecified atom stereocenters. The fourth-order valence-corrected chi connectivity index (χ4v) is 3.14. The van der Waals surface area contributed by atoms with Crippen molar-refractivity contribution in [3.8, 4) is 16.3 Å². The Morgan fingerprint density at radius 1 is 1.24 bits per heavy atom. The first-order valence-electron chi connectivity index (χ1n) is 6.28. The zero-order valence-corrected chi connectivity index (χ0v) is 12.3. The van der Waals surface area contributed by atoms with E-state index in [9.17, 15) is 10.1 Å². The quantitative estimate of drug-likeness (QED) is 0.537. The van der Waals surface area contributed by atoms with Crippen LogP contribution in [0.15, 0.2) is 36.4 Å². The van der Waals surface area contributed by atoms with Crippen LogP contribution >= 0.6 is 11.3 Å². The minimum atomic E-state index is -0.373. The first-order chi connectivity index (χ1) is 10.1. The second kappa shape index (κ2) is 5.14. The van der Waals surface area contributed by atoms with Crippen molar-refractivity contribution in [2.75, 3.05) is 7.11 Å². The van der Waals surface area contributed by atoms with E-state index in [4.69, 9.17) is 4.74 Å². The lowest BCUT2D eigenvalue weighted by Crippen LogP contribution is -1.91. The summed E-state index contributed by atoms with van der Waals surface area (Å²) in [6, 6.07) is 10.8. The Kier molecular flexibility index (Phi) is 3.31. The predicted molar refractivity (Wildman–Crippen MR) is 83.0 cm³/mol. The summed E-state index contributed by atoms with van der Waals surface area (Å²) in [4.78, 5) is 15.1. The summed E-state index contributed by atoms with van der Waals surface area (Å²) in [6.07, 6.45) is 0. The average molecular weight is 300 g/mol. The third-order valence-corrected chi connectivity index (χ3v) is 4.30. The fourth-order valence-electron chi connectivity index (χ4n) is 2.15. The van der Waals surface area contributed by atoms with Crippen LogP contribution in [0, 0.1) is 17.0 Å². The highest BCUT2D eigenvalue weighted by atomic mass is 32.1. The smallest absolute Gasteiger partial charge is 0.272 e. The average Bonchev–Trinajstić information content (AvgIpc) is 2.89. The normalized spacial score (nSPS) is 10.8. The van der Waals surface area contributed by atoms with E-state index in [1.165, 1.54) is 6.07 Å². The summed E-state index contributed by atoms with van der Waals surface area (Å²) < 4.78 is 6.23. The van der Waals surface area contributed by atoms with Crippen LogP contribution in [-0.4, -0.2) is 17.0 Å². The molecule has 0 saturated heterocycles. The Bertz CT molecular complexity index is 842. The minimum Gasteiger partial charge on any atom is -0.497 e. The van der Waals surface area contributed by atoms with Crippen molar-refractivity contribution in [3.05, 3.63) is 52.1 Å². The van der Waals surface area contributed by atoms with Crippen LogP contribution in [0.4, 0.5) is 5.69 Å². The Hall–Kier alpha value is -2.47. The van der Waals surface area contributed by atoms with Gasteiger partial charge in [0.25, 0.3) is 5.69 Å². The molecule has 0 aliphatic carbocycles. The lowest BCUT2D eigenvalue weighted by molar-refractivity contribution is -0.385. The number of aromatic nitrogens is 1. The maximum absolute atomic E-state index is 10.9. The standard InChI is InChI=1S/C15H12N2O3S/c1-9-7-10(3-6-13(9)17(18)19)15-16-12-5-4-11(20-2)8-14(12)21-15/h3-8H,1-2H3. The molecule has 3 rings (SSSR count). The molecular weight excluding hydrogens is 288 g/mol. The van der Waals surface area contributed by atoms with E-state index in [1.807, 2.05) is 18.2 Å². The third kappa shape index (κ3) is 2.45. The zero-order valence-electron chi connectivity index (χ0n) is 11.5. The monoisotopic (exact) mass is 300 g/mol. The van der Waals surface area contributed by atoms with Crippen molar-refractivity contribution >= 4 is 27.2 Å². The van der Waals surface area contributed by atoms with E-state index in [2.05, 4.69) is 4.98 Å². The van der Waals surface area contributed by atoms with Crippen LogP contribution in [0.3, 0.4) is 0 Å². The van der Waals surface area contributed by atoms with Crippen molar-refractivity contribution in [1.29, 1.82) is 0 Å². The predicted octanol–water partition coefficient (Wildman–Crippen LogP) is 4.19. The largest absolute Gasteiger partial charge is 0.497 e. The van der Waals surface area contributed by atoms with Gasteiger partial charge in [-0.3, -0.25) is 10.1 Å². The van der Waals surface area contributed by atoms with Gasteiger partial charge in [0.05, 0.1) is 22.2 Å². The number of benzene rings is 2. The number of methoxy groups -OCH3 is 1. The summed E-state index contributed by atoms with van der Waals surface area (Å²) in [6.45, 7) is 1.73. The van der Waals surface area contributed by atoms with Gasteiger partial charge in [0.15, 0.2) is 0 Å². The number of ether oxygens (including phenoxy) is 1. The molecule has 106 valence electrons. The number of fused-ring (bicyclic) bond motifs is 1. The van der Waals surface area contributed by atoms with Gasteiger partial charge in [0.1, 0.15) is 10.8 Å². The second-order valence-electron chi connectivity index (χ2n) is 4.61. The SMILES string of the molecule is COc1ccc2nc(-c3ccc([N+](=O)[O-])c(C)c3)sc2c1. The van der Waals surface area contributed by atoms with E-state index in [-0.39, 0.29) is 10.6 Å². The van der Waals surface area contributed by atoms with E-state index in [0.717, 1.165) is 26.5 Å². The third-order valence-electron chi connectivity index (χ3n) is 3.24. The van der Waals surface area contributed by atoms with E-state index < -0.39 is 0 Å². The molecule has 21 heavy (non-hydrogen) atoms. The van der Waals surface area contributed by atoms with Crippen molar-refractivity contribution in [2.24, 2.45) is 0 Å². The Morgan fingerprint density at radius 2 is 2.05 bits per heavy atom. The summed E-state index contributed by atoms with van der Waals surface area (Å²) in [5.74, 6) is 0.789. The lowest BCUT2D eigenvalue weighted by atomic mass is 10.1. The Balaban J connectivity index is 2.07. The molecule has 3 aromatic rings. The van der Waals surface area contributed by atoms with E-state index in [0.29, 0.717) is 5.56 Å². The molecule has 6 heteroatoms. The summed E-state index contributed by atoms with van der Waals surface area (Å²) in [7, 11) is 1.63. The number of rotatable bonds is 3. The molecule has 0 N–H and O–H groups in total. The van der Waals surface area contributed by atoms with Crippen molar-refractivity contribution in [2.45, 2.75) is 6.92 Å². The minimum absolute atomic E-state index is 0.126. The molecule has 0 saturated carbocycles. The van der Waals surface area contributed by atoms with Crippen molar-refractivity contribution in [3.63, 3.8) is 0 Å². The maximum Gasteiger partial charge on any atom is 0.272 e. The van der Waals surface area contributed by atoms with Crippen LogP contribution in [0.1, 0.15) is 5.56 Å². The number of hydrogen-bond donors (Lipinski definition) is 0. The van der Waals surface area contributed by atoms with Crippen molar-refractivity contribution in [1.82, 2.24) is 4.98 Å². The summed E-state index contributed by atoms with van der Waals surface area (Å²) in [5, 5.41) is 11.7.